The number of sulfone groups is 1. The Hall–Kier alpha value is -4.25. The first-order valence-corrected chi connectivity index (χ1v) is 17.4. The summed E-state index contributed by atoms with van der Waals surface area (Å²) in [7, 11) is -3.47. The van der Waals surface area contributed by atoms with Crippen molar-refractivity contribution in [3.8, 4) is 34.1 Å². The average Bonchev–Trinajstić information content (AvgIpc) is 3.50. The van der Waals surface area contributed by atoms with Crippen molar-refractivity contribution >= 4 is 21.8 Å². The standard InChI is InChI=1S/C35H42O10S/c1-2-19-46(40,41)29-21-27(26-13-15-32-33(22-26)45-24-44-32)20-28(23-29)42-17-6-4-3-5-9-25-10-7-11-31(30(25)14-16-35(38)39)43-18-8-12-34(36)37/h7,10-11,13,15,20-23H,2-6,8-9,12,14,16-19,24H2,1H3,(H,36,37)(H,38,39). The Kier molecular flexibility index (Phi) is 12.7. The Morgan fingerprint density at radius 3 is 2.33 bits per heavy atom. The lowest BCUT2D eigenvalue weighted by Gasteiger charge is -2.15. The van der Waals surface area contributed by atoms with Gasteiger partial charge in [0.25, 0.3) is 0 Å². The van der Waals surface area contributed by atoms with Crippen molar-refractivity contribution in [2.45, 2.75) is 76.0 Å². The van der Waals surface area contributed by atoms with Crippen molar-refractivity contribution in [3.63, 3.8) is 0 Å². The van der Waals surface area contributed by atoms with Crippen molar-refractivity contribution in [1.82, 2.24) is 0 Å². The fraction of sp³-hybridized carbons (Fsp3) is 0.429. The number of hydrogen-bond donors (Lipinski definition) is 2. The first-order valence-electron chi connectivity index (χ1n) is 15.7. The molecule has 46 heavy (non-hydrogen) atoms. The molecule has 0 spiro atoms. The number of unbranched alkanes of at least 4 members (excludes halogenated alkanes) is 3. The topological polar surface area (TPSA) is 146 Å². The summed E-state index contributed by atoms with van der Waals surface area (Å²) in [6.07, 6.45) is 5.49. The molecule has 1 aliphatic rings. The number of carboxylic acid groups (broad SMARTS) is 2. The SMILES string of the molecule is CCCS(=O)(=O)c1cc(OCCCCCCc2cccc(OCCCC(=O)O)c2CCC(=O)O)cc(-c2ccc3c(c2)OCO3)c1. The van der Waals surface area contributed by atoms with Crippen molar-refractivity contribution in [3.05, 3.63) is 65.7 Å². The number of fused-ring (bicyclic) bond motifs is 1. The lowest BCUT2D eigenvalue weighted by molar-refractivity contribution is -0.138. The zero-order chi connectivity index (χ0) is 32.9. The average molecular weight is 655 g/mol. The van der Waals surface area contributed by atoms with E-state index in [1.807, 2.05) is 43.3 Å². The third-order valence-corrected chi connectivity index (χ3v) is 9.54. The molecule has 0 atom stereocenters. The van der Waals surface area contributed by atoms with Crippen LogP contribution in [0.15, 0.2) is 59.5 Å². The summed E-state index contributed by atoms with van der Waals surface area (Å²) in [6, 6.07) is 16.3. The molecule has 0 fully saturated rings. The molecule has 2 N–H and O–H groups in total. The predicted octanol–water partition coefficient (Wildman–Crippen LogP) is 6.71. The maximum atomic E-state index is 13.0. The molecule has 4 rings (SSSR count). The van der Waals surface area contributed by atoms with E-state index in [2.05, 4.69) is 0 Å². The summed E-state index contributed by atoms with van der Waals surface area (Å²) in [5, 5.41) is 18.1. The van der Waals surface area contributed by atoms with Gasteiger partial charge in [0.05, 0.1) is 23.9 Å². The van der Waals surface area contributed by atoms with Crippen LogP contribution in [-0.4, -0.2) is 56.3 Å². The Bertz CT molecular complexity index is 1600. The largest absolute Gasteiger partial charge is 0.494 e. The lowest BCUT2D eigenvalue weighted by Crippen LogP contribution is -2.07. The summed E-state index contributed by atoms with van der Waals surface area (Å²) in [4.78, 5) is 22.3. The van der Waals surface area contributed by atoms with Gasteiger partial charge in [-0.3, -0.25) is 9.59 Å². The van der Waals surface area contributed by atoms with Crippen LogP contribution >= 0.6 is 0 Å². The number of carbonyl (C=O) groups is 2. The van der Waals surface area contributed by atoms with Gasteiger partial charge in [-0.1, -0.05) is 38.0 Å². The minimum absolute atomic E-state index is 0.0122. The van der Waals surface area contributed by atoms with Crippen molar-refractivity contribution in [1.29, 1.82) is 0 Å². The van der Waals surface area contributed by atoms with Crippen LogP contribution in [0.4, 0.5) is 0 Å². The molecule has 0 bridgehead atoms. The van der Waals surface area contributed by atoms with Crippen LogP contribution in [-0.2, 0) is 32.3 Å². The highest BCUT2D eigenvalue weighted by Gasteiger charge is 2.19. The van der Waals surface area contributed by atoms with E-state index >= 15 is 0 Å². The lowest BCUT2D eigenvalue weighted by atomic mass is 9.97. The van der Waals surface area contributed by atoms with Gasteiger partial charge in [0.2, 0.25) is 6.79 Å². The highest BCUT2D eigenvalue weighted by Crippen LogP contribution is 2.37. The second kappa shape index (κ2) is 16.9. The Morgan fingerprint density at radius 1 is 0.783 bits per heavy atom. The van der Waals surface area contributed by atoms with Gasteiger partial charge in [-0.15, -0.1) is 0 Å². The third-order valence-electron chi connectivity index (χ3n) is 7.64. The quantitative estimate of drug-likeness (QED) is 0.126. The normalized spacial score (nSPS) is 12.2. The summed E-state index contributed by atoms with van der Waals surface area (Å²) in [5.41, 5.74) is 3.42. The van der Waals surface area contributed by atoms with Gasteiger partial charge in [0, 0.05) is 12.8 Å². The molecule has 10 nitrogen and oxygen atoms in total. The van der Waals surface area contributed by atoms with E-state index in [-0.39, 0.29) is 36.9 Å². The summed E-state index contributed by atoms with van der Waals surface area (Å²) in [6.45, 7) is 2.67. The molecule has 248 valence electrons. The number of carboxylic acids is 2. The minimum Gasteiger partial charge on any atom is -0.494 e. The number of aliphatic carboxylic acids is 2. The highest BCUT2D eigenvalue weighted by molar-refractivity contribution is 7.91. The molecule has 1 aliphatic heterocycles. The van der Waals surface area contributed by atoms with Crippen LogP contribution < -0.4 is 18.9 Å². The van der Waals surface area contributed by atoms with Gasteiger partial charge in [-0.05, 0) is 97.2 Å². The molecule has 0 aromatic heterocycles. The smallest absolute Gasteiger partial charge is 0.303 e. The van der Waals surface area contributed by atoms with E-state index < -0.39 is 21.8 Å². The van der Waals surface area contributed by atoms with E-state index in [0.29, 0.717) is 48.9 Å². The van der Waals surface area contributed by atoms with E-state index in [4.69, 9.17) is 24.1 Å². The molecule has 0 radical (unpaired) electrons. The van der Waals surface area contributed by atoms with Gasteiger partial charge in [0.15, 0.2) is 21.3 Å². The molecule has 11 heteroatoms. The van der Waals surface area contributed by atoms with Gasteiger partial charge in [-0.25, -0.2) is 8.42 Å². The summed E-state index contributed by atoms with van der Waals surface area (Å²) < 4.78 is 48.8. The van der Waals surface area contributed by atoms with E-state index in [1.165, 1.54) is 0 Å². The molecule has 0 saturated heterocycles. The highest BCUT2D eigenvalue weighted by atomic mass is 32.2. The number of aryl methyl sites for hydroxylation is 1. The fourth-order valence-corrected chi connectivity index (χ4v) is 6.70. The van der Waals surface area contributed by atoms with Gasteiger partial charge < -0.3 is 29.2 Å². The molecular formula is C35H42O10S. The monoisotopic (exact) mass is 654 g/mol. The molecular weight excluding hydrogens is 612 g/mol. The molecule has 3 aromatic carbocycles. The van der Waals surface area contributed by atoms with E-state index in [9.17, 15) is 23.1 Å². The van der Waals surface area contributed by atoms with Crippen LogP contribution in [0, 0.1) is 0 Å². The van der Waals surface area contributed by atoms with Crippen molar-refractivity contribution in [2.75, 3.05) is 25.8 Å². The van der Waals surface area contributed by atoms with Crippen LogP contribution in [0.1, 0.15) is 69.4 Å². The van der Waals surface area contributed by atoms with Gasteiger partial charge in [0.1, 0.15) is 11.5 Å². The van der Waals surface area contributed by atoms with Crippen LogP contribution in [0.3, 0.4) is 0 Å². The Balaban J connectivity index is 1.33. The Morgan fingerprint density at radius 2 is 1.54 bits per heavy atom. The predicted molar refractivity (Wildman–Crippen MR) is 173 cm³/mol. The second-order valence-electron chi connectivity index (χ2n) is 11.2. The number of ether oxygens (including phenoxy) is 4. The van der Waals surface area contributed by atoms with Crippen LogP contribution in [0.25, 0.3) is 11.1 Å². The van der Waals surface area contributed by atoms with Crippen LogP contribution in [0.5, 0.6) is 23.0 Å². The zero-order valence-electron chi connectivity index (χ0n) is 26.2. The first kappa shape index (κ1) is 34.6. The number of hydrogen-bond acceptors (Lipinski definition) is 8. The maximum absolute atomic E-state index is 13.0. The zero-order valence-corrected chi connectivity index (χ0v) is 27.0. The van der Waals surface area contributed by atoms with Crippen molar-refractivity contribution in [2.24, 2.45) is 0 Å². The summed E-state index contributed by atoms with van der Waals surface area (Å²) in [5.74, 6) is 0.658. The number of benzene rings is 3. The van der Waals surface area contributed by atoms with Crippen molar-refractivity contribution < 1.29 is 47.2 Å². The number of rotatable bonds is 20. The summed E-state index contributed by atoms with van der Waals surface area (Å²) >= 11 is 0. The Labute approximate surface area is 270 Å². The molecule has 0 aliphatic carbocycles. The third kappa shape index (κ3) is 10.1. The minimum atomic E-state index is -3.47. The van der Waals surface area contributed by atoms with Gasteiger partial charge in [-0.2, -0.15) is 0 Å². The van der Waals surface area contributed by atoms with E-state index in [0.717, 1.165) is 54.4 Å². The maximum Gasteiger partial charge on any atom is 0.303 e. The fourth-order valence-electron chi connectivity index (χ4n) is 5.33. The molecule has 0 saturated carbocycles. The molecule has 3 aromatic rings. The molecule has 1 heterocycles. The second-order valence-corrected chi connectivity index (χ2v) is 13.3. The molecule has 0 unspecified atom stereocenters. The first-order chi connectivity index (χ1) is 22.2. The van der Waals surface area contributed by atoms with E-state index in [1.54, 1.807) is 18.2 Å². The van der Waals surface area contributed by atoms with Crippen LogP contribution in [0.2, 0.25) is 0 Å². The van der Waals surface area contributed by atoms with Gasteiger partial charge >= 0.3 is 11.9 Å². The molecule has 0 amide bonds.